The number of furan rings is 1. The maximum atomic E-state index is 11.1. The van der Waals surface area contributed by atoms with Crippen LogP contribution in [0, 0.1) is 0 Å². The summed E-state index contributed by atoms with van der Waals surface area (Å²) in [5.41, 5.74) is 5.51. The standard InChI is InChI=1S/C14H14ClN3O3/c15-10-6-9(13(16)19)7-17-14(10)18-3-5-21-12(8-18)11-2-1-4-20-11/h1-2,4,6-7,12H,3,5,8H2,(H2,16,19). The Labute approximate surface area is 126 Å². The smallest absolute Gasteiger partial charge is 0.250 e. The molecule has 1 unspecified atom stereocenters. The Hall–Kier alpha value is -2.05. The van der Waals surface area contributed by atoms with E-state index in [0.717, 1.165) is 5.76 Å². The number of primary amides is 1. The molecule has 7 heteroatoms. The molecule has 2 aromatic heterocycles. The predicted octanol–water partition coefficient (Wildman–Crippen LogP) is 2.00. The highest BCUT2D eigenvalue weighted by molar-refractivity contribution is 6.33. The molecule has 2 aromatic rings. The molecule has 0 aromatic carbocycles. The summed E-state index contributed by atoms with van der Waals surface area (Å²) in [5, 5.41) is 0.395. The maximum absolute atomic E-state index is 11.1. The number of ether oxygens (including phenoxy) is 1. The second kappa shape index (κ2) is 5.75. The fraction of sp³-hybridized carbons (Fsp3) is 0.286. The monoisotopic (exact) mass is 307 g/mol. The lowest BCUT2D eigenvalue weighted by Crippen LogP contribution is -2.39. The van der Waals surface area contributed by atoms with Crippen molar-refractivity contribution >= 4 is 23.3 Å². The highest BCUT2D eigenvalue weighted by Crippen LogP contribution is 2.29. The van der Waals surface area contributed by atoms with Crippen LogP contribution < -0.4 is 10.6 Å². The van der Waals surface area contributed by atoms with E-state index in [1.807, 2.05) is 17.0 Å². The van der Waals surface area contributed by atoms with Crippen LogP contribution in [-0.4, -0.2) is 30.6 Å². The van der Waals surface area contributed by atoms with Gasteiger partial charge in [0.1, 0.15) is 17.7 Å². The van der Waals surface area contributed by atoms with Crippen molar-refractivity contribution < 1.29 is 13.9 Å². The van der Waals surface area contributed by atoms with Gasteiger partial charge in [0.2, 0.25) is 5.91 Å². The molecule has 0 bridgehead atoms. The number of amides is 1. The first-order valence-electron chi connectivity index (χ1n) is 6.50. The molecule has 1 aliphatic rings. The third-order valence-electron chi connectivity index (χ3n) is 3.33. The Kier molecular flexibility index (Phi) is 3.81. The molecule has 0 radical (unpaired) electrons. The molecule has 1 amide bonds. The summed E-state index contributed by atoms with van der Waals surface area (Å²) in [6.07, 6.45) is 2.88. The van der Waals surface area contributed by atoms with Crippen LogP contribution >= 0.6 is 11.6 Å². The van der Waals surface area contributed by atoms with E-state index in [1.165, 1.54) is 12.3 Å². The van der Waals surface area contributed by atoms with Gasteiger partial charge in [-0.15, -0.1) is 0 Å². The van der Waals surface area contributed by atoms with Crippen molar-refractivity contribution in [3.8, 4) is 0 Å². The molecule has 1 saturated heterocycles. The minimum atomic E-state index is -0.550. The molecule has 1 aliphatic heterocycles. The van der Waals surface area contributed by atoms with E-state index < -0.39 is 5.91 Å². The molecule has 1 fully saturated rings. The summed E-state index contributed by atoms with van der Waals surface area (Å²) in [4.78, 5) is 17.4. The van der Waals surface area contributed by atoms with E-state index in [-0.39, 0.29) is 6.10 Å². The van der Waals surface area contributed by atoms with Gasteiger partial charge in [0, 0.05) is 12.7 Å². The zero-order valence-corrected chi connectivity index (χ0v) is 11.9. The van der Waals surface area contributed by atoms with E-state index in [0.29, 0.717) is 36.1 Å². The van der Waals surface area contributed by atoms with E-state index in [2.05, 4.69) is 4.98 Å². The Bertz CT molecular complexity index is 645. The van der Waals surface area contributed by atoms with Crippen LogP contribution in [0.1, 0.15) is 22.2 Å². The van der Waals surface area contributed by atoms with Crippen LogP contribution in [0.15, 0.2) is 35.1 Å². The van der Waals surface area contributed by atoms with E-state index in [4.69, 9.17) is 26.5 Å². The fourth-order valence-corrected chi connectivity index (χ4v) is 2.57. The van der Waals surface area contributed by atoms with Gasteiger partial charge in [-0.3, -0.25) is 4.79 Å². The van der Waals surface area contributed by atoms with Gasteiger partial charge in [-0.25, -0.2) is 4.98 Å². The molecule has 110 valence electrons. The summed E-state index contributed by atoms with van der Waals surface area (Å²) in [6.45, 7) is 1.79. The van der Waals surface area contributed by atoms with Gasteiger partial charge in [0.05, 0.1) is 30.0 Å². The number of rotatable bonds is 3. The summed E-state index contributed by atoms with van der Waals surface area (Å²) >= 11 is 6.20. The molecule has 3 rings (SSSR count). The lowest BCUT2D eigenvalue weighted by atomic mass is 10.2. The van der Waals surface area contributed by atoms with Crippen molar-refractivity contribution in [1.82, 2.24) is 4.98 Å². The average molecular weight is 308 g/mol. The van der Waals surface area contributed by atoms with Crippen molar-refractivity contribution in [2.45, 2.75) is 6.10 Å². The Morgan fingerprint density at radius 3 is 3.05 bits per heavy atom. The van der Waals surface area contributed by atoms with E-state index in [9.17, 15) is 4.79 Å². The Morgan fingerprint density at radius 2 is 2.38 bits per heavy atom. The Balaban J connectivity index is 1.82. The van der Waals surface area contributed by atoms with E-state index in [1.54, 1.807) is 6.26 Å². The number of aromatic nitrogens is 1. The second-order valence-electron chi connectivity index (χ2n) is 4.71. The van der Waals surface area contributed by atoms with Crippen molar-refractivity contribution in [1.29, 1.82) is 0 Å². The van der Waals surface area contributed by atoms with Gasteiger partial charge >= 0.3 is 0 Å². The predicted molar refractivity (Wildman–Crippen MR) is 77.4 cm³/mol. The third-order valence-corrected chi connectivity index (χ3v) is 3.61. The fourth-order valence-electron chi connectivity index (χ4n) is 2.29. The number of hydrogen-bond donors (Lipinski definition) is 1. The van der Waals surface area contributed by atoms with Gasteiger partial charge < -0.3 is 19.8 Å². The molecule has 2 N–H and O–H groups in total. The summed E-state index contributed by atoms with van der Waals surface area (Å²) < 4.78 is 11.1. The van der Waals surface area contributed by atoms with Crippen molar-refractivity contribution in [3.63, 3.8) is 0 Å². The lowest BCUT2D eigenvalue weighted by Gasteiger charge is -2.33. The lowest BCUT2D eigenvalue weighted by molar-refractivity contribution is 0.0255. The normalized spacial score (nSPS) is 18.7. The largest absolute Gasteiger partial charge is 0.467 e. The average Bonchev–Trinajstić information content (AvgIpc) is 3.01. The number of hydrogen-bond acceptors (Lipinski definition) is 5. The van der Waals surface area contributed by atoms with Crippen LogP contribution in [0.5, 0.6) is 0 Å². The molecule has 3 heterocycles. The first kappa shape index (κ1) is 13.9. The zero-order chi connectivity index (χ0) is 14.8. The number of carbonyl (C=O) groups is 1. The number of carbonyl (C=O) groups excluding carboxylic acids is 1. The summed E-state index contributed by atoms with van der Waals surface area (Å²) in [5.74, 6) is 0.831. The van der Waals surface area contributed by atoms with Crippen molar-refractivity contribution in [2.24, 2.45) is 5.73 Å². The molecule has 0 spiro atoms. The van der Waals surface area contributed by atoms with Crippen molar-refractivity contribution in [2.75, 3.05) is 24.6 Å². The second-order valence-corrected chi connectivity index (χ2v) is 5.12. The molecular weight excluding hydrogens is 294 g/mol. The highest BCUT2D eigenvalue weighted by atomic mass is 35.5. The van der Waals surface area contributed by atoms with Gasteiger partial charge in [-0.1, -0.05) is 11.6 Å². The number of morpholine rings is 1. The van der Waals surface area contributed by atoms with Crippen LogP contribution in [0.4, 0.5) is 5.82 Å². The van der Waals surface area contributed by atoms with Gasteiger partial charge in [-0.05, 0) is 18.2 Å². The van der Waals surface area contributed by atoms with Crippen LogP contribution in [0.25, 0.3) is 0 Å². The molecule has 21 heavy (non-hydrogen) atoms. The first-order chi connectivity index (χ1) is 10.1. The molecule has 6 nitrogen and oxygen atoms in total. The number of halogens is 1. The number of nitrogens with two attached hydrogens (primary N) is 1. The number of anilines is 1. The minimum absolute atomic E-state index is 0.164. The first-order valence-corrected chi connectivity index (χ1v) is 6.88. The quantitative estimate of drug-likeness (QED) is 0.938. The highest BCUT2D eigenvalue weighted by Gasteiger charge is 2.26. The van der Waals surface area contributed by atoms with Crippen LogP contribution in [0.2, 0.25) is 5.02 Å². The maximum Gasteiger partial charge on any atom is 0.250 e. The zero-order valence-electron chi connectivity index (χ0n) is 11.2. The third kappa shape index (κ3) is 2.86. The Morgan fingerprint density at radius 1 is 1.52 bits per heavy atom. The van der Waals surface area contributed by atoms with Crippen LogP contribution in [0.3, 0.4) is 0 Å². The van der Waals surface area contributed by atoms with Gasteiger partial charge in [0.15, 0.2) is 0 Å². The molecule has 0 saturated carbocycles. The van der Waals surface area contributed by atoms with Crippen molar-refractivity contribution in [3.05, 3.63) is 47.0 Å². The minimum Gasteiger partial charge on any atom is -0.467 e. The molecular formula is C14H14ClN3O3. The van der Waals surface area contributed by atoms with Crippen LogP contribution in [-0.2, 0) is 4.74 Å². The van der Waals surface area contributed by atoms with Gasteiger partial charge in [0.25, 0.3) is 0 Å². The summed E-state index contributed by atoms with van der Waals surface area (Å²) in [6, 6.07) is 5.23. The summed E-state index contributed by atoms with van der Waals surface area (Å²) in [7, 11) is 0. The van der Waals surface area contributed by atoms with Gasteiger partial charge in [-0.2, -0.15) is 0 Å². The topological polar surface area (TPSA) is 81.6 Å². The van der Waals surface area contributed by atoms with E-state index >= 15 is 0 Å². The number of pyridine rings is 1. The number of nitrogens with zero attached hydrogens (tertiary/aromatic N) is 2. The molecule has 0 aliphatic carbocycles. The molecule has 1 atom stereocenters. The SMILES string of the molecule is NC(=O)c1cnc(N2CCOC(c3ccco3)C2)c(Cl)c1.